The number of benzene rings is 1. The highest BCUT2D eigenvalue weighted by Crippen LogP contribution is 2.36. The van der Waals surface area contributed by atoms with E-state index in [1.165, 1.54) is 6.07 Å². The molecular formula is C12H15FN2O2. The Hall–Kier alpha value is -1.64. The molecule has 0 fully saturated rings. The summed E-state index contributed by atoms with van der Waals surface area (Å²) in [5.41, 5.74) is 5.36. The quantitative estimate of drug-likeness (QED) is 0.742. The minimum Gasteiger partial charge on any atom is -0.505 e. The van der Waals surface area contributed by atoms with Crippen LogP contribution in [0.2, 0.25) is 0 Å². The van der Waals surface area contributed by atoms with Gasteiger partial charge in [0.15, 0.2) is 11.6 Å². The van der Waals surface area contributed by atoms with Gasteiger partial charge in [0.25, 0.3) is 0 Å². The van der Waals surface area contributed by atoms with Crippen molar-refractivity contribution >= 4 is 0 Å². The van der Waals surface area contributed by atoms with Crippen molar-refractivity contribution in [3.63, 3.8) is 0 Å². The smallest absolute Gasteiger partial charge is 0.166 e. The molecule has 0 aliphatic carbocycles. The van der Waals surface area contributed by atoms with E-state index < -0.39 is 23.0 Å². The van der Waals surface area contributed by atoms with Crippen molar-refractivity contribution in [2.75, 3.05) is 6.61 Å². The topological polar surface area (TPSA) is 90.3 Å². The summed E-state index contributed by atoms with van der Waals surface area (Å²) in [4.78, 5) is 0. The first kappa shape index (κ1) is 13.4. The van der Waals surface area contributed by atoms with Crippen LogP contribution in [0.1, 0.15) is 31.0 Å². The van der Waals surface area contributed by atoms with Crippen LogP contribution in [0.25, 0.3) is 0 Å². The Morgan fingerprint density at radius 1 is 1.53 bits per heavy atom. The fraction of sp³-hybridized carbons (Fsp3) is 0.417. The van der Waals surface area contributed by atoms with Crippen LogP contribution < -0.4 is 5.73 Å². The maximum absolute atomic E-state index is 13.4. The van der Waals surface area contributed by atoms with E-state index >= 15 is 0 Å². The van der Waals surface area contributed by atoms with Crippen molar-refractivity contribution in [2.45, 2.75) is 19.9 Å². The molecule has 1 rings (SSSR count). The van der Waals surface area contributed by atoms with Gasteiger partial charge in [-0.15, -0.1) is 0 Å². The second kappa shape index (κ2) is 4.70. The van der Waals surface area contributed by atoms with Crippen LogP contribution in [-0.2, 0) is 0 Å². The Bertz CT molecular complexity index is 466. The van der Waals surface area contributed by atoms with E-state index in [0.29, 0.717) is 0 Å². The number of aromatic hydroxyl groups is 1. The van der Waals surface area contributed by atoms with Crippen LogP contribution in [0.5, 0.6) is 5.75 Å². The Balaban J connectivity index is 3.32. The number of phenolic OH excluding ortho intramolecular Hbond substituents is 1. The van der Waals surface area contributed by atoms with Gasteiger partial charge in [-0.05, 0) is 12.1 Å². The molecule has 0 amide bonds. The van der Waals surface area contributed by atoms with Crippen LogP contribution in [0, 0.1) is 22.6 Å². The molecule has 1 atom stereocenters. The van der Waals surface area contributed by atoms with E-state index in [4.69, 9.17) is 11.0 Å². The number of rotatable bonds is 3. The molecule has 0 saturated carbocycles. The van der Waals surface area contributed by atoms with E-state index in [-0.39, 0.29) is 17.7 Å². The molecule has 0 aromatic heterocycles. The van der Waals surface area contributed by atoms with Crippen molar-refractivity contribution in [3.8, 4) is 11.8 Å². The molecule has 0 radical (unpaired) electrons. The number of aliphatic hydroxyl groups is 1. The SMILES string of the molecule is CC(C)(CO)[C@H](N)c1cc(C#N)cc(F)c1O. The fourth-order valence-corrected chi connectivity index (χ4v) is 1.44. The van der Waals surface area contributed by atoms with Gasteiger partial charge in [0.05, 0.1) is 11.6 Å². The third kappa shape index (κ3) is 2.54. The zero-order valence-electron chi connectivity index (χ0n) is 9.74. The van der Waals surface area contributed by atoms with Gasteiger partial charge in [0.1, 0.15) is 0 Å². The number of hydrogen-bond donors (Lipinski definition) is 3. The fourth-order valence-electron chi connectivity index (χ4n) is 1.44. The molecule has 0 heterocycles. The number of nitriles is 1. The van der Waals surface area contributed by atoms with Crippen molar-refractivity contribution < 1.29 is 14.6 Å². The summed E-state index contributed by atoms with van der Waals surface area (Å²) in [6.07, 6.45) is 0. The standard InChI is InChI=1S/C12H15FN2O2/c1-12(2,6-16)11(15)8-3-7(5-14)4-9(13)10(8)17/h3-4,11,16-17H,6,15H2,1-2H3/t11-/m1/s1. The first-order chi connectivity index (χ1) is 7.83. The lowest BCUT2D eigenvalue weighted by molar-refractivity contribution is 0.131. The van der Waals surface area contributed by atoms with Gasteiger partial charge in [0.2, 0.25) is 0 Å². The molecular weight excluding hydrogens is 223 g/mol. The second-order valence-electron chi connectivity index (χ2n) is 4.63. The van der Waals surface area contributed by atoms with Crippen molar-refractivity contribution in [2.24, 2.45) is 11.1 Å². The lowest BCUT2D eigenvalue weighted by Crippen LogP contribution is -2.32. The summed E-state index contributed by atoms with van der Waals surface area (Å²) < 4.78 is 13.4. The average Bonchev–Trinajstić information content (AvgIpc) is 2.31. The highest BCUT2D eigenvalue weighted by atomic mass is 19.1. The normalized spacial score (nSPS) is 13.2. The van der Waals surface area contributed by atoms with Gasteiger partial charge in [0, 0.05) is 23.6 Å². The zero-order valence-corrected chi connectivity index (χ0v) is 9.74. The molecule has 0 spiro atoms. The Morgan fingerprint density at radius 3 is 2.59 bits per heavy atom. The number of aliphatic hydroxyl groups excluding tert-OH is 1. The number of phenols is 1. The molecule has 4 nitrogen and oxygen atoms in total. The van der Waals surface area contributed by atoms with E-state index in [9.17, 15) is 14.6 Å². The summed E-state index contributed by atoms with van der Waals surface area (Å²) in [7, 11) is 0. The average molecular weight is 238 g/mol. The molecule has 5 heteroatoms. The molecule has 17 heavy (non-hydrogen) atoms. The third-order valence-corrected chi connectivity index (χ3v) is 2.81. The summed E-state index contributed by atoms with van der Waals surface area (Å²) in [6, 6.07) is 3.30. The largest absolute Gasteiger partial charge is 0.505 e. The second-order valence-corrected chi connectivity index (χ2v) is 4.63. The van der Waals surface area contributed by atoms with Crippen LogP contribution in [0.3, 0.4) is 0 Å². The van der Waals surface area contributed by atoms with Crippen LogP contribution in [-0.4, -0.2) is 16.8 Å². The van der Waals surface area contributed by atoms with Crippen LogP contribution >= 0.6 is 0 Å². The molecule has 0 aliphatic heterocycles. The lowest BCUT2D eigenvalue weighted by Gasteiger charge is -2.30. The Morgan fingerprint density at radius 2 is 2.12 bits per heavy atom. The maximum atomic E-state index is 13.4. The number of halogens is 1. The summed E-state index contributed by atoms with van der Waals surface area (Å²) >= 11 is 0. The molecule has 92 valence electrons. The van der Waals surface area contributed by atoms with Gasteiger partial charge in [-0.2, -0.15) is 5.26 Å². The van der Waals surface area contributed by atoms with Gasteiger partial charge >= 0.3 is 0 Å². The number of nitrogens with zero attached hydrogens (tertiary/aromatic N) is 1. The van der Waals surface area contributed by atoms with E-state index in [0.717, 1.165) is 6.07 Å². The highest BCUT2D eigenvalue weighted by molar-refractivity contribution is 5.44. The molecule has 0 saturated heterocycles. The molecule has 4 N–H and O–H groups in total. The molecule has 0 aliphatic rings. The van der Waals surface area contributed by atoms with Crippen molar-refractivity contribution in [1.82, 2.24) is 0 Å². The predicted molar refractivity (Wildman–Crippen MR) is 60.6 cm³/mol. The first-order valence-electron chi connectivity index (χ1n) is 5.12. The molecule has 0 bridgehead atoms. The Kier molecular flexibility index (Phi) is 3.71. The molecule has 1 aromatic carbocycles. The van der Waals surface area contributed by atoms with Crippen LogP contribution in [0.4, 0.5) is 4.39 Å². The van der Waals surface area contributed by atoms with E-state index in [2.05, 4.69) is 0 Å². The van der Waals surface area contributed by atoms with Gasteiger partial charge < -0.3 is 15.9 Å². The molecule has 1 aromatic rings. The minimum atomic E-state index is -0.886. The number of hydrogen-bond acceptors (Lipinski definition) is 4. The zero-order chi connectivity index (χ0) is 13.2. The summed E-state index contributed by atoms with van der Waals surface area (Å²) in [5, 5.41) is 27.5. The van der Waals surface area contributed by atoms with E-state index in [1.54, 1.807) is 19.9 Å². The van der Waals surface area contributed by atoms with Crippen LogP contribution in [0.15, 0.2) is 12.1 Å². The minimum absolute atomic E-state index is 0.0829. The monoisotopic (exact) mass is 238 g/mol. The predicted octanol–water partition coefficient (Wildman–Crippen LogP) is 1.42. The lowest BCUT2D eigenvalue weighted by atomic mass is 9.81. The van der Waals surface area contributed by atoms with Gasteiger partial charge in [-0.3, -0.25) is 0 Å². The number of nitrogens with two attached hydrogens (primary N) is 1. The van der Waals surface area contributed by atoms with Crippen molar-refractivity contribution in [3.05, 3.63) is 29.1 Å². The molecule has 0 unspecified atom stereocenters. The summed E-state index contributed by atoms with van der Waals surface area (Å²) in [6.45, 7) is 3.16. The Labute approximate surface area is 99.1 Å². The highest BCUT2D eigenvalue weighted by Gasteiger charge is 2.30. The van der Waals surface area contributed by atoms with E-state index in [1.807, 2.05) is 0 Å². The van der Waals surface area contributed by atoms with Gasteiger partial charge in [-0.25, -0.2) is 4.39 Å². The van der Waals surface area contributed by atoms with Crippen molar-refractivity contribution in [1.29, 1.82) is 5.26 Å². The third-order valence-electron chi connectivity index (χ3n) is 2.81. The van der Waals surface area contributed by atoms with Gasteiger partial charge in [-0.1, -0.05) is 13.8 Å². The summed E-state index contributed by atoms with van der Waals surface area (Å²) in [5.74, 6) is -1.46. The maximum Gasteiger partial charge on any atom is 0.166 e. The first-order valence-corrected chi connectivity index (χ1v) is 5.12.